The number of aryl methyl sites for hydroxylation is 2. The van der Waals surface area contributed by atoms with Gasteiger partial charge in [0.05, 0.1) is 13.2 Å². The fourth-order valence-electron chi connectivity index (χ4n) is 1.59. The van der Waals surface area contributed by atoms with Crippen molar-refractivity contribution in [1.29, 1.82) is 0 Å². The van der Waals surface area contributed by atoms with Gasteiger partial charge in [-0.1, -0.05) is 6.07 Å². The monoisotopic (exact) mass is 223 g/mol. The van der Waals surface area contributed by atoms with Crippen LogP contribution < -0.4 is 10.1 Å². The molecule has 0 saturated carbocycles. The van der Waals surface area contributed by atoms with Gasteiger partial charge in [0.2, 0.25) is 0 Å². The van der Waals surface area contributed by atoms with Crippen LogP contribution in [0.3, 0.4) is 0 Å². The zero-order valence-electron chi connectivity index (χ0n) is 10.5. The molecule has 0 saturated heterocycles. The van der Waals surface area contributed by atoms with Gasteiger partial charge >= 0.3 is 0 Å². The maximum absolute atomic E-state index is 9.16. The second-order valence-electron chi connectivity index (χ2n) is 4.23. The predicted molar refractivity (Wildman–Crippen MR) is 65.9 cm³/mol. The average Bonchev–Trinajstić information content (AvgIpc) is 2.22. The maximum atomic E-state index is 9.16. The normalized spacial score (nSPS) is 12.6. The molecule has 0 aliphatic heterocycles. The minimum absolute atomic E-state index is 0.322. The largest absolute Gasteiger partial charge is 0.496 e. The summed E-state index contributed by atoms with van der Waals surface area (Å²) < 4.78 is 5.34. The number of hydrogen-bond donors (Lipinski definition) is 2. The van der Waals surface area contributed by atoms with E-state index in [0.717, 1.165) is 17.9 Å². The zero-order valence-corrected chi connectivity index (χ0v) is 10.5. The summed E-state index contributed by atoms with van der Waals surface area (Å²) in [6.45, 7) is 7.24. The molecule has 1 unspecified atom stereocenters. The third kappa shape index (κ3) is 3.51. The van der Waals surface area contributed by atoms with Crippen LogP contribution >= 0.6 is 0 Å². The summed E-state index contributed by atoms with van der Waals surface area (Å²) >= 11 is 0. The smallest absolute Gasteiger partial charge is 0.123 e. The van der Waals surface area contributed by atoms with Crippen molar-refractivity contribution in [2.45, 2.75) is 33.4 Å². The van der Waals surface area contributed by atoms with Gasteiger partial charge < -0.3 is 15.2 Å². The first kappa shape index (κ1) is 13.0. The SMILES string of the molecule is COc1cc(C)c(C)cc1CNCC(C)O. The number of aliphatic hydroxyl groups is 1. The van der Waals surface area contributed by atoms with E-state index in [0.29, 0.717) is 6.54 Å². The summed E-state index contributed by atoms with van der Waals surface area (Å²) in [5.74, 6) is 0.904. The van der Waals surface area contributed by atoms with Crippen molar-refractivity contribution in [2.24, 2.45) is 0 Å². The second kappa shape index (κ2) is 5.87. The topological polar surface area (TPSA) is 41.5 Å². The van der Waals surface area contributed by atoms with Crippen LogP contribution in [0.1, 0.15) is 23.6 Å². The zero-order chi connectivity index (χ0) is 12.1. The number of rotatable bonds is 5. The van der Waals surface area contributed by atoms with Crippen molar-refractivity contribution >= 4 is 0 Å². The first-order valence-electron chi connectivity index (χ1n) is 5.57. The third-order valence-corrected chi connectivity index (χ3v) is 2.65. The third-order valence-electron chi connectivity index (χ3n) is 2.65. The fraction of sp³-hybridized carbons (Fsp3) is 0.538. The summed E-state index contributed by atoms with van der Waals surface area (Å²) in [7, 11) is 1.68. The quantitative estimate of drug-likeness (QED) is 0.799. The molecule has 3 nitrogen and oxygen atoms in total. The molecule has 0 amide bonds. The van der Waals surface area contributed by atoms with Crippen LogP contribution in [-0.2, 0) is 6.54 Å². The lowest BCUT2D eigenvalue weighted by Crippen LogP contribution is -2.24. The van der Waals surface area contributed by atoms with Crippen molar-refractivity contribution in [2.75, 3.05) is 13.7 Å². The fourth-order valence-corrected chi connectivity index (χ4v) is 1.59. The van der Waals surface area contributed by atoms with E-state index in [1.165, 1.54) is 11.1 Å². The molecule has 0 bridgehead atoms. The Morgan fingerprint density at radius 1 is 1.31 bits per heavy atom. The molecule has 0 radical (unpaired) electrons. The Hall–Kier alpha value is -1.06. The Balaban J connectivity index is 2.74. The summed E-state index contributed by atoms with van der Waals surface area (Å²) in [6.07, 6.45) is -0.322. The van der Waals surface area contributed by atoms with Crippen LogP contribution in [0.4, 0.5) is 0 Å². The van der Waals surface area contributed by atoms with Crippen molar-refractivity contribution < 1.29 is 9.84 Å². The van der Waals surface area contributed by atoms with Gasteiger partial charge in [-0.05, 0) is 38.0 Å². The Morgan fingerprint density at radius 3 is 2.50 bits per heavy atom. The molecule has 0 spiro atoms. The molecule has 0 aliphatic carbocycles. The standard InChI is InChI=1S/C13H21NO2/c1-9-5-12(8-14-7-11(3)15)13(16-4)6-10(9)2/h5-6,11,14-15H,7-8H2,1-4H3. The van der Waals surface area contributed by atoms with E-state index in [1.54, 1.807) is 14.0 Å². The van der Waals surface area contributed by atoms with Crippen molar-refractivity contribution in [3.63, 3.8) is 0 Å². The Morgan fingerprint density at radius 2 is 1.94 bits per heavy atom. The van der Waals surface area contributed by atoms with Crippen LogP contribution in [0.5, 0.6) is 5.75 Å². The summed E-state index contributed by atoms with van der Waals surface area (Å²) in [6, 6.07) is 4.18. The Bertz CT molecular complexity index is 348. The van der Waals surface area contributed by atoms with Crippen LogP contribution in [0, 0.1) is 13.8 Å². The molecule has 0 heterocycles. The molecule has 1 aromatic rings. The van der Waals surface area contributed by atoms with E-state index in [-0.39, 0.29) is 6.10 Å². The molecule has 1 rings (SSSR count). The summed E-state index contributed by atoms with van der Waals surface area (Å²) in [5, 5.41) is 12.4. The van der Waals surface area contributed by atoms with E-state index in [9.17, 15) is 0 Å². The highest BCUT2D eigenvalue weighted by Crippen LogP contribution is 2.22. The lowest BCUT2D eigenvalue weighted by molar-refractivity contribution is 0.191. The molecule has 90 valence electrons. The molecule has 16 heavy (non-hydrogen) atoms. The first-order chi connectivity index (χ1) is 7.54. The Kier molecular flexibility index (Phi) is 4.77. The summed E-state index contributed by atoms with van der Waals surface area (Å²) in [5.41, 5.74) is 3.62. The number of nitrogens with one attached hydrogen (secondary N) is 1. The lowest BCUT2D eigenvalue weighted by atomic mass is 10.0. The van der Waals surface area contributed by atoms with Gasteiger partial charge in [-0.3, -0.25) is 0 Å². The van der Waals surface area contributed by atoms with Gasteiger partial charge in [0.15, 0.2) is 0 Å². The van der Waals surface area contributed by atoms with Crippen molar-refractivity contribution in [3.8, 4) is 5.75 Å². The average molecular weight is 223 g/mol. The van der Waals surface area contributed by atoms with Gasteiger partial charge in [-0.2, -0.15) is 0 Å². The molecule has 1 atom stereocenters. The molecule has 1 aromatic carbocycles. The summed E-state index contributed by atoms with van der Waals surface area (Å²) in [4.78, 5) is 0. The van der Waals surface area contributed by atoms with E-state index >= 15 is 0 Å². The number of ether oxygens (including phenoxy) is 1. The minimum Gasteiger partial charge on any atom is -0.496 e. The van der Waals surface area contributed by atoms with Gasteiger partial charge in [0.1, 0.15) is 5.75 Å². The molecule has 0 fully saturated rings. The molecular formula is C13H21NO2. The van der Waals surface area contributed by atoms with Gasteiger partial charge in [0.25, 0.3) is 0 Å². The van der Waals surface area contributed by atoms with Crippen LogP contribution in [0.2, 0.25) is 0 Å². The van der Waals surface area contributed by atoms with Crippen molar-refractivity contribution in [3.05, 3.63) is 28.8 Å². The van der Waals surface area contributed by atoms with E-state index in [1.807, 2.05) is 0 Å². The number of aliphatic hydroxyl groups excluding tert-OH is 1. The predicted octanol–water partition coefficient (Wildman–Crippen LogP) is 1.78. The highest BCUT2D eigenvalue weighted by Gasteiger charge is 2.05. The molecular weight excluding hydrogens is 202 g/mol. The number of hydrogen-bond acceptors (Lipinski definition) is 3. The number of methoxy groups -OCH3 is 1. The van der Waals surface area contributed by atoms with Gasteiger partial charge in [-0.15, -0.1) is 0 Å². The van der Waals surface area contributed by atoms with Gasteiger partial charge in [-0.25, -0.2) is 0 Å². The first-order valence-corrected chi connectivity index (χ1v) is 5.57. The molecule has 0 aliphatic rings. The van der Waals surface area contributed by atoms with Crippen LogP contribution in [-0.4, -0.2) is 24.9 Å². The van der Waals surface area contributed by atoms with E-state index in [2.05, 4.69) is 31.3 Å². The molecule has 0 aromatic heterocycles. The molecule has 3 heteroatoms. The van der Waals surface area contributed by atoms with Crippen LogP contribution in [0.15, 0.2) is 12.1 Å². The Labute approximate surface area is 97.4 Å². The number of benzene rings is 1. The molecule has 2 N–H and O–H groups in total. The van der Waals surface area contributed by atoms with E-state index < -0.39 is 0 Å². The minimum atomic E-state index is -0.322. The maximum Gasteiger partial charge on any atom is 0.123 e. The van der Waals surface area contributed by atoms with E-state index in [4.69, 9.17) is 9.84 Å². The highest BCUT2D eigenvalue weighted by molar-refractivity contribution is 5.41. The van der Waals surface area contributed by atoms with Gasteiger partial charge in [0, 0.05) is 18.7 Å². The highest BCUT2D eigenvalue weighted by atomic mass is 16.5. The lowest BCUT2D eigenvalue weighted by Gasteiger charge is -2.13. The second-order valence-corrected chi connectivity index (χ2v) is 4.23. The van der Waals surface area contributed by atoms with Crippen LogP contribution in [0.25, 0.3) is 0 Å². The van der Waals surface area contributed by atoms with Crippen molar-refractivity contribution in [1.82, 2.24) is 5.32 Å².